The minimum absolute atomic E-state index is 0.350. The molecule has 2 aromatic rings. The number of nitrogen functional groups attached to an aromatic ring is 1. The van der Waals surface area contributed by atoms with Crippen LogP contribution in [0, 0.1) is 0 Å². The molecule has 0 amide bonds. The number of carbonyl (C=O) groups excluding carboxylic acids is 1. The minimum Gasteiger partial charge on any atom is -0.466 e. The van der Waals surface area contributed by atoms with E-state index in [2.05, 4.69) is 0 Å². The molecule has 5 heteroatoms. The van der Waals surface area contributed by atoms with Crippen LogP contribution in [0.4, 0.5) is 5.69 Å². The third kappa shape index (κ3) is 4.55. The Morgan fingerprint density at radius 3 is 2.55 bits per heavy atom. The maximum atomic E-state index is 11.9. The van der Waals surface area contributed by atoms with E-state index in [1.54, 1.807) is 18.2 Å². The smallest absolute Gasteiger partial charge is 0.334 e. The van der Waals surface area contributed by atoms with Crippen LogP contribution in [-0.2, 0) is 9.53 Å². The highest BCUT2D eigenvalue weighted by atomic mass is 35.5. The van der Waals surface area contributed by atoms with Gasteiger partial charge in [-0.1, -0.05) is 35.9 Å². The molecular weight excluding hydrogens is 318 g/mol. The summed E-state index contributed by atoms with van der Waals surface area (Å²) in [5, 5.41) is 0.656. The van der Waals surface area contributed by atoms with Crippen molar-refractivity contribution in [2.24, 2.45) is 0 Å². The van der Waals surface area contributed by atoms with E-state index in [-0.39, 0.29) is 5.97 Å². The quantitative estimate of drug-likeness (QED) is 0.384. The molecule has 0 saturated heterocycles. The molecule has 0 aliphatic heterocycles. The first kappa shape index (κ1) is 16.5. The van der Waals surface area contributed by atoms with E-state index >= 15 is 0 Å². The summed E-state index contributed by atoms with van der Waals surface area (Å²) >= 11 is 7.37. The van der Waals surface area contributed by atoms with Crippen LogP contribution in [0.25, 0.3) is 6.08 Å². The Balaban J connectivity index is 2.18. The standard InChI is InChI=1S/C17H16ClNO2S/c1-21-17(20)13(10-12-6-8-14(18)9-7-12)11-22-16-5-3-2-4-15(16)19/h2-10H,11,19H2,1H3/b13-10+. The summed E-state index contributed by atoms with van der Waals surface area (Å²) in [7, 11) is 1.37. The summed E-state index contributed by atoms with van der Waals surface area (Å²) in [6.45, 7) is 0. The number of hydrogen-bond donors (Lipinski definition) is 1. The molecule has 2 N–H and O–H groups in total. The zero-order valence-electron chi connectivity index (χ0n) is 12.1. The van der Waals surface area contributed by atoms with Gasteiger partial charge in [0.15, 0.2) is 0 Å². The molecule has 0 spiro atoms. The molecule has 0 fully saturated rings. The Morgan fingerprint density at radius 1 is 1.23 bits per heavy atom. The summed E-state index contributed by atoms with van der Waals surface area (Å²) in [6.07, 6.45) is 1.80. The van der Waals surface area contributed by atoms with Gasteiger partial charge < -0.3 is 10.5 Å². The van der Waals surface area contributed by atoms with Crippen LogP contribution < -0.4 is 5.73 Å². The van der Waals surface area contributed by atoms with E-state index in [1.807, 2.05) is 36.4 Å². The Morgan fingerprint density at radius 2 is 1.91 bits per heavy atom. The summed E-state index contributed by atoms with van der Waals surface area (Å²) in [6, 6.07) is 14.8. The topological polar surface area (TPSA) is 52.3 Å². The largest absolute Gasteiger partial charge is 0.466 e. The van der Waals surface area contributed by atoms with Gasteiger partial charge in [-0.05, 0) is 35.9 Å². The normalized spacial score (nSPS) is 11.3. The molecule has 2 rings (SSSR count). The number of ether oxygens (including phenoxy) is 1. The van der Waals surface area contributed by atoms with E-state index in [4.69, 9.17) is 22.1 Å². The molecule has 0 heterocycles. The average Bonchev–Trinajstić information content (AvgIpc) is 2.54. The number of thioether (sulfide) groups is 1. The molecular formula is C17H16ClNO2S. The first-order valence-corrected chi connectivity index (χ1v) is 7.98. The van der Waals surface area contributed by atoms with Gasteiger partial charge in [0, 0.05) is 26.9 Å². The Hall–Kier alpha value is -1.91. The Kier molecular flexibility index (Phi) is 5.92. The molecule has 0 atom stereocenters. The van der Waals surface area contributed by atoms with Crippen molar-refractivity contribution < 1.29 is 9.53 Å². The maximum Gasteiger partial charge on any atom is 0.334 e. The number of anilines is 1. The molecule has 0 aliphatic carbocycles. The SMILES string of the molecule is COC(=O)/C(=C/c1ccc(Cl)cc1)CSc1ccccc1N. The number of rotatable bonds is 5. The predicted molar refractivity (Wildman–Crippen MR) is 93.0 cm³/mol. The van der Waals surface area contributed by atoms with Crippen molar-refractivity contribution in [3.05, 3.63) is 64.7 Å². The van der Waals surface area contributed by atoms with Crippen molar-refractivity contribution in [1.29, 1.82) is 0 Å². The van der Waals surface area contributed by atoms with Gasteiger partial charge in [-0.15, -0.1) is 11.8 Å². The monoisotopic (exact) mass is 333 g/mol. The van der Waals surface area contributed by atoms with Gasteiger partial charge in [0.2, 0.25) is 0 Å². The molecule has 2 aromatic carbocycles. The summed E-state index contributed by atoms with van der Waals surface area (Å²) in [5.41, 5.74) is 8.07. The predicted octanol–water partition coefficient (Wildman–Crippen LogP) is 4.27. The number of methoxy groups -OCH3 is 1. The van der Waals surface area contributed by atoms with E-state index < -0.39 is 0 Å². The second-order valence-corrected chi connectivity index (χ2v) is 5.99. The fourth-order valence-electron chi connectivity index (χ4n) is 1.82. The number of benzene rings is 2. The second-order valence-electron chi connectivity index (χ2n) is 4.54. The molecule has 0 unspecified atom stereocenters. The summed E-state index contributed by atoms with van der Waals surface area (Å²) < 4.78 is 4.85. The number of carbonyl (C=O) groups is 1. The summed E-state index contributed by atoms with van der Waals surface area (Å²) in [4.78, 5) is 12.9. The van der Waals surface area contributed by atoms with Crippen molar-refractivity contribution in [2.45, 2.75) is 4.90 Å². The first-order chi connectivity index (χ1) is 10.6. The number of hydrogen-bond acceptors (Lipinski definition) is 4. The van der Waals surface area contributed by atoms with Gasteiger partial charge in [-0.25, -0.2) is 4.79 Å². The molecule has 114 valence electrons. The fraction of sp³-hybridized carbons (Fsp3) is 0.118. The van der Waals surface area contributed by atoms with E-state index in [0.29, 0.717) is 22.0 Å². The number of para-hydroxylation sites is 1. The zero-order chi connectivity index (χ0) is 15.9. The number of halogens is 1. The highest BCUT2D eigenvalue weighted by Crippen LogP contribution is 2.27. The average molecular weight is 334 g/mol. The molecule has 3 nitrogen and oxygen atoms in total. The van der Waals surface area contributed by atoms with Crippen LogP contribution in [0.5, 0.6) is 0 Å². The molecule has 0 saturated carbocycles. The molecule has 0 bridgehead atoms. The highest BCUT2D eigenvalue weighted by molar-refractivity contribution is 7.99. The van der Waals surface area contributed by atoms with E-state index in [1.165, 1.54) is 18.9 Å². The molecule has 0 aromatic heterocycles. The lowest BCUT2D eigenvalue weighted by Crippen LogP contribution is -2.07. The lowest BCUT2D eigenvalue weighted by Gasteiger charge is -2.08. The molecule has 0 aliphatic rings. The van der Waals surface area contributed by atoms with Crippen molar-refractivity contribution >= 4 is 41.1 Å². The van der Waals surface area contributed by atoms with Gasteiger partial charge >= 0.3 is 5.97 Å². The fourth-order valence-corrected chi connectivity index (χ4v) is 2.87. The zero-order valence-corrected chi connectivity index (χ0v) is 13.7. The van der Waals surface area contributed by atoms with Crippen molar-refractivity contribution in [2.75, 3.05) is 18.6 Å². The van der Waals surface area contributed by atoms with Crippen molar-refractivity contribution in [3.8, 4) is 0 Å². The summed E-state index contributed by atoms with van der Waals surface area (Å²) in [5.74, 6) is 0.126. The van der Waals surface area contributed by atoms with Crippen LogP contribution >= 0.6 is 23.4 Å². The van der Waals surface area contributed by atoms with Gasteiger partial charge in [0.1, 0.15) is 0 Å². The van der Waals surface area contributed by atoms with Crippen LogP contribution in [0.2, 0.25) is 5.02 Å². The minimum atomic E-state index is -0.350. The van der Waals surface area contributed by atoms with Crippen LogP contribution in [0.1, 0.15) is 5.56 Å². The molecule has 0 radical (unpaired) electrons. The lowest BCUT2D eigenvalue weighted by atomic mass is 10.1. The lowest BCUT2D eigenvalue weighted by molar-refractivity contribution is -0.135. The molecule has 22 heavy (non-hydrogen) atoms. The maximum absolute atomic E-state index is 11.9. The second kappa shape index (κ2) is 7.92. The Bertz CT molecular complexity index is 683. The van der Waals surface area contributed by atoms with Crippen molar-refractivity contribution in [1.82, 2.24) is 0 Å². The number of esters is 1. The first-order valence-electron chi connectivity index (χ1n) is 6.62. The van der Waals surface area contributed by atoms with Gasteiger partial charge in [0.05, 0.1) is 7.11 Å². The van der Waals surface area contributed by atoms with Crippen molar-refractivity contribution in [3.63, 3.8) is 0 Å². The van der Waals surface area contributed by atoms with Crippen LogP contribution in [-0.4, -0.2) is 18.8 Å². The Labute approximate surface area is 139 Å². The third-order valence-electron chi connectivity index (χ3n) is 2.96. The van der Waals surface area contributed by atoms with Crippen LogP contribution in [0.15, 0.2) is 59.0 Å². The highest BCUT2D eigenvalue weighted by Gasteiger charge is 2.11. The third-order valence-corrected chi connectivity index (χ3v) is 4.35. The van der Waals surface area contributed by atoms with E-state index in [9.17, 15) is 4.79 Å². The van der Waals surface area contributed by atoms with Gasteiger partial charge in [0.25, 0.3) is 0 Å². The number of nitrogens with two attached hydrogens (primary N) is 1. The van der Waals surface area contributed by atoms with Gasteiger partial charge in [-0.2, -0.15) is 0 Å². The van der Waals surface area contributed by atoms with Gasteiger partial charge in [-0.3, -0.25) is 0 Å². The van der Waals surface area contributed by atoms with E-state index in [0.717, 1.165) is 10.5 Å². The van der Waals surface area contributed by atoms with Crippen LogP contribution in [0.3, 0.4) is 0 Å².